The van der Waals surface area contributed by atoms with Crippen molar-refractivity contribution in [2.45, 2.75) is 6.36 Å². The molecule has 1 rings (SSSR count). The van der Waals surface area contributed by atoms with Gasteiger partial charge in [-0.3, -0.25) is 0 Å². The summed E-state index contributed by atoms with van der Waals surface area (Å²) < 4.78 is 40.0. The standard InChI is InChI=1S/C7HF3I2N2O/c8-7(9,10)15-6-5(12)4(11)3(1-13)2-14-6/h2H. The molecule has 15 heavy (non-hydrogen) atoms. The Labute approximate surface area is 110 Å². The molecule has 0 saturated carbocycles. The van der Waals surface area contributed by atoms with Gasteiger partial charge in [0.2, 0.25) is 5.88 Å². The van der Waals surface area contributed by atoms with E-state index in [-0.39, 0.29) is 9.13 Å². The summed E-state index contributed by atoms with van der Waals surface area (Å²) >= 11 is 3.41. The van der Waals surface area contributed by atoms with Crippen molar-refractivity contribution < 1.29 is 17.9 Å². The second-order valence-electron chi connectivity index (χ2n) is 2.26. The number of ether oxygens (including phenoxy) is 1. The summed E-state index contributed by atoms with van der Waals surface area (Å²) in [6.45, 7) is 0. The fraction of sp³-hybridized carbons (Fsp3) is 0.143. The molecule has 3 nitrogen and oxygen atoms in total. The van der Waals surface area contributed by atoms with Crippen LogP contribution in [0.15, 0.2) is 6.20 Å². The van der Waals surface area contributed by atoms with Gasteiger partial charge in [0.1, 0.15) is 6.07 Å². The highest BCUT2D eigenvalue weighted by Gasteiger charge is 2.33. The molecule has 1 aromatic heterocycles. The van der Waals surface area contributed by atoms with Gasteiger partial charge in [0, 0.05) is 6.20 Å². The SMILES string of the molecule is N#Cc1cnc(OC(F)(F)F)c(I)c1I. The van der Waals surface area contributed by atoms with Crippen molar-refractivity contribution in [3.05, 3.63) is 18.9 Å². The van der Waals surface area contributed by atoms with Crippen LogP contribution in [-0.4, -0.2) is 11.3 Å². The smallest absolute Gasteiger partial charge is 0.387 e. The quantitative estimate of drug-likeness (QED) is 0.632. The highest BCUT2D eigenvalue weighted by Crippen LogP contribution is 2.29. The minimum Gasteiger partial charge on any atom is -0.387 e. The van der Waals surface area contributed by atoms with Crippen LogP contribution in [0.25, 0.3) is 0 Å². The maximum Gasteiger partial charge on any atom is 0.574 e. The predicted molar refractivity (Wildman–Crippen MR) is 61.1 cm³/mol. The number of hydrogen-bond donors (Lipinski definition) is 0. The topological polar surface area (TPSA) is 45.9 Å². The number of nitrogens with zero attached hydrogens (tertiary/aromatic N) is 2. The monoisotopic (exact) mass is 440 g/mol. The molecule has 0 spiro atoms. The normalized spacial score (nSPS) is 10.9. The minimum atomic E-state index is -4.77. The summed E-state index contributed by atoms with van der Waals surface area (Å²) in [6.07, 6.45) is -3.73. The van der Waals surface area contributed by atoms with E-state index in [1.54, 1.807) is 45.2 Å². The van der Waals surface area contributed by atoms with Crippen LogP contribution in [0, 0.1) is 18.5 Å². The van der Waals surface area contributed by atoms with Gasteiger partial charge in [-0.1, -0.05) is 0 Å². The second-order valence-corrected chi connectivity index (χ2v) is 4.42. The van der Waals surface area contributed by atoms with Crippen LogP contribution in [0.1, 0.15) is 5.56 Å². The van der Waals surface area contributed by atoms with Crippen LogP contribution in [0.3, 0.4) is 0 Å². The van der Waals surface area contributed by atoms with Crippen LogP contribution in [0.4, 0.5) is 13.2 Å². The molecular weight excluding hydrogens is 439 g/mol. The van der Waals surface area contributed by atoms with E-state index in [1.165, 1.54) is 0 Å². The Morgan fingerprint density at radius 1 is 1.33 bits per heavy atom. The summed E-state index contributed by atoms with van der Waals surface area (Å²) in [4.78, 5) is 3.42. The fourth-order valence-electron chi connectivity index (χ4n) is 0.707. The van der Waals surface area contributed by atoms with Gasteiger partial charge in [-0.05, 0) is 45.2 Å². The van der Waals surface area contributed by atoms with E-state index in [9.17, 15) is 13.2 Å². The molecule has 0 radical (unpaired) electrons. The Bertz CT molecular complexity index is 427. The van der Waals surface area contributed by atoms with E-state index in [0.717, 1.165) is 6.20 Å². The van der Waals surface area contributed by atoms with Crippen LogP contribution in [-0.2, 0) is 0 Å². The van der Waals surface area contributed by atoms with E-state index in [4.69, 9.17) is 5.26 Å². The lowest BCUT2D eigenvalue weighted by Crippen LogP contribution is -2.19. The van der Waals surface area contributed by atoms with E-state index in [2.05, 4.69) is 9.72 Å². The zero-order chi connectivity index (χ0) is 11.6. The molecule has 0 N–H and O–H groups in total. The molecule has 1 heterocycles. The molecule has 0 fully saturated rings. The maximum absolute atomic E-state index is 11.9. The molecule has 0 atom stereocenters. The highest BCUT2D eigenvalue weighted by molar-refractivity contribution is 14.1. The maximum atomic E-state index is 11.9. The average molecular weight is 440 g/mol. The van der Waals surface area contributed by atoms with E-state index < -0.39 is 12.2 Å². The predicted octanol–water partition coefficient (Wildman–Crippen LogP) is 3.06. The van der Waals surface area contributed by atoms with Crippen molar-refractivity contribution in [3.63, 3.8) is 0 Å². The fourth-order valence-corrected chi connectivity index (χ4v) is 1.74. The number of nitriles is 1. The Morgan fingerprint density at radius 3 is 2.40 bits per heavy atom. The summed E-state index contributed by atoms with van der Waals surface area (Å²) in [7, 11) is 0. The molecule has 1 aromatic rings. The average Bonchev–Trinajstić information content (AvgIpc) is 2.11. The first-order valence-electron chi connectivity index (χ1n) is 3.35. The highest BCUT2D eigenvalue weighted by atomic mass is 127. The van der Waals surface area contributed by atoms with Gasteiger partial charge in [0.25, 0.3) is 0 Å². The summed E-state index contributed by atoms with van der Waals surface area (Å²) in [5.74, 6) is -0.536. The van der Waals surface area contributed by atoms with Crippen molar-refractivity contribution in [1.82, 2.24) is 4.98 Å². The van der Waals surface area contributed by atoms with Crippen molar-refractivity contribution >= 4 is 45.2 Å². The van der Waals surface area contributed by atoms with Crippen molar-refractivity contribution in [3.8, 4) is 11.9 Å². The van der Waals surface area contributed by atoms with Gasteiger partial charge < -0.3 is 4.74 Å². The number of aromatic nitrogens is 1. The molecule has 0 amide bonds. The number of halogens is 5. The number of rotatable bonds is 1. The lowest BCUT2D eigenvalue weighted by molar-refractivity contribution is -0.276. The lowest BCUT2D eigenvalue weighted by atomic mass is 10.3. The van der Waals surface area contributed by atoms with Gasteiger partial charge in [0.05, 0.1) is 12.7 Å². The van der Waals surface area contributed by atoms with Crippen molar-refractivity contribution in [2.24, 2.45) is 0 Å². The molecule has 0 bridgehead atoms. The van der Waals surface area contributed by atoms with Crippen molar-refractivity contribution in [1.29, 1.82) is 5.26 Å². The van der Waals surface area contributed by atoms with Crippen LogP contribution in [0.2, 0.25) is 0 Å². The first kappa shape index (κ1) is 12.8. The largest absolute Gasteiger partial charge is 0.574 e. The minimum absolute atomic E-state index is 0.171. The van der Waals surface area contributed by atoms with Gasteiger partial charge >= 0.3 is 6.36 Å². The molecule has 0 aliphatic rings. The Kier molecular flexibility index (Phi) is 3.99. The van der Waals surface area contributed by atoms with Gasteiger partial charge in [0.15, 0.2) is 0 Å². The molecule has 8 heteroatoms. The second kappa shape index (κ2) is 4.69. The van der Waals surface area contributed by atoms with Crippen LogP contribution in [0.5, 0.6) is 5.88 Å². The summed E-state index contributed by atoms with van der Waals surface area (Å²) in [6, 6.07) is 1.81. The number of hydrogen-bond acceptors (Lipinski definition) is 3. The molecule has 0 aliphatic heterocycles. The molecule has 80 valence electrons. The molecule has 0 aliphatic carbocycles. The first-order chi connectivity index (χ1) is 6.85. The van der Waals surface area contributed by atoms with Gasteiger partial charge in [-0.25, -0.2) is 4.98 Å². The molecule has 0 unspecified atom stereocenters. The van der Waals surface area contributed by atoms with Crippen LogP contribution >= 0.6 is 45.2 Å². The number of alkyl halides is 3. The van der Waals surface area contributed by atoms with Crippen LogP contribution < -0.4 is 4.74 Å². The summed E-state index contributed by atoms with van der Waals surface area (Å²) in [5.41, 5.74) is 0.217. The van der Waals surface area contributed by atoms with E-state index in [0.29, 0.717) is 3.57 Å². The first-order valence-corrected chi connectivity index (χ1v) is 5.50. The molecular formula is C7HF3I2N2O. The van der Waals surface area contributed by atoms with E-state index in [1.807, 2.05) is 6.07 Å². The Morgan fingerprint density at radius 2 is 1.93 bits per heavy atom. The third-order valence-corrected chi connectivity index (χ3v) is 4.41. The van der Waals surface area contributed by atoms with Gasteiger partial charge in [-0.2, -0.15) is 5.26 Å². The third-order valence-electron chi connectivity index (χ3n) is 1.26. The zero-order valence-corrected chi connectivity index (χ0v) is 11.1. The van der Waals surface area contributed by atoms with Gasteiger partial charge in [-0.15, -0.1) is 13.2 Å². The lowest BCUT2D eigenvalue weighted by Gasteiger charge is -2.10. The Hall–Kier alpha value is -0.310. The number of pyridine rings is 1. The zero-order valence-electron chi connectivity index (χ0n) is 6.77. The third kappa shape index (κ3) is 3.33. The summed E-state index contributed by atoms with van der Waals surface area (Å²) in [5, 5.41) is 8.61. The van der Waals surface area contributed by atoms with Crippen molar-refractivity contribution in [2.75, 3.05) is 0 Å². The van der Waals surface area contributed by atoms with E-state index >= 15 is 0 Å². The molecule has 0 aromatic carbocycles. The Balaban J connectivity index is 3.14. The molecule has 0 saturated heterocycles.